The van der Waals surface area contributed by atoms with E-state index in [9.17, 15) is 9.36 Å². The minimum absolute atomic E-state index is 0.0455. The molecule has 0 rings (SSSR count). The van der Waals surface area contributed by atoms with Crippen molar-refractivity contribution in [2.45, 2.75) is 12.8 Å². The zero-order valence-corrected chi connectivity index (χ0v) is 8.40. The van der Waals surface area contributed by atoms with Gasteiger partial charge < -0.3 is 5.11 Å². The highest BCUT2D eigenvalue weighted by Gasteiger charge is 2.19. The number of carbonyl (C=O) groups excluding carboxylic acids is 1. The smallest absolute Gasteiger partial charge is 0.396 e. The molecule has 0 aromatic heterocycles. The molecule has 14 heavy (non-hydrogen) atoms. The maximum atomic E-state index is 10.8. The van der Waals surface area contributed by atoms with E-state index in [0.29, 0.717) is 6.42 Å². The quantitative estimate of drug-likeness (QED) is 0.232. The molecule has 0 aromatic carbocycles. The lowest BCUT2D eigenvalue weighted by Crippen LogP contribution is -2.19. The highest BCUT2D eigenvalue weighted by atomic mass is 31.1. The normalized spacial score (nSPS) is 11.1. The minimum Gasteiger partial charge on any atom is -0.396 e. The lowest BCUT2D eigenvalue weighted by Gasteiger charge is -1.92. The summed E-state index contributed by atoms with van der Waals surface area (Å²) in [6, 6.07) is 0. The summed E-state index contributed by atoms with van der Waals surface area (Å²) in [7, 11) is -2.25. The Hall–Kier alpha value is -0.590. The molecule has 0 aromatic rings. The fourth-order valence-corrected chi connectivity index (χ4v) is 1.10. The molecule has 0 radical (unpaired) electrons. The summed E-state index contributed by atoms with van der Waals surface area (Å²) in [5, 5.41) is 16.4. The highest BCUT2D eigenvalue weighted by molar-refractivity contribution is 7.33. The maximum Gasteiger partial charge on any atom is 0.697 e. The Morgan fingerprint density at radius 2 is 2.00 bits per heavy atom. The minimum atomic E-state index is -2.25. The fraction of sp³-hybridized carbons (Fsp3) is 0.833. The topological polar surface area (TPSA) is 105 Å². The molecule has 3 N–H and O–H groups in total. The van der Waals surface area contributed by atoms with Crippen molar-refractivity contribution in [3.63, 3.8) is 0 Å². The summed E-state index contributed by atoms with van der Waals surface area (Å²) < 4.78 is 20.0. The van der Waals surface area contributed by atoms with Gasteiger partial charge in [0.15, 0.2) is 0 Å². The van der Waals surface area contributed by atoms with Gasteiger partial charge in [0, 0.05) is 11.2 Å². The van der Waals surface area contributed by atoms with Crippen LogP contribution in [0.3, 0.4) is 0 Å². The van der Waals surface area contributed by atoms with Crippen molar-refractivity contribution < 1.29 is 28.7 Å². The third-order valence-corrected chi connectivity index (χ3v) is 1.94. The monoisotopic (exact) mass is 226 g/mol. The molecule has 1 amide bonds. The first-order chi connectivity index (χ1) is 6.70. The third kappa shape index (κ3) is 8.03. The van der Waals surface area contributed by atoms with Crippen LogP contribution < -0.4 is 5.48 Å². The van der Waals surface area contributed by atoms with Crippen LogP contribution in [-0.2, 0) is 18.4 Å². The summed E-state index contributed by atoms with van der Waals surface area (Å²) in [5.41, 5.74) is 1.40. The average molecular weight is 226 g/mol. The van der Waals surface area contributed by atoms with Crippen LogP contribution in [0.15, 0.2) is 0 Å². The molecule has 1 unspecified atom stereocenters. The Kier molecular flexibility index (Phi) is 8.61. The Morgan fingerprint density at radius 3 is 2.57 bits per heavy atom. The van der Waals surface area contributed by atoms with Gasteiger partial charge in [0.1, 0.15) is 13.2 Å². The molecule has 1 atom stereocenters. The van der Waals surface area contributed by atoms with E-state index < -0.39 is 14.2 Å². The number of hydrogen-bond acceptors (Lipinski definition) is 6. The maximum absolute atomic E-state index is 10.8. The van der Waals surface area contributed by atoms with Crippen molar-refractivity contribution in [3.05, 3.63) is 0 Å². The molecule has 0 aliphatic rings. The van der Waals surface area contributed by atoms with E-state index in [1.54, 1.807) is 0 Å². The molecular weight excluding hydrogens is 213 g/mol. The lowest BCUT2D eigenvalue weighted by atomic mass is 10.4. The van der Waals surface area contributed by atoms with E-state index in [1.165, 1.54) is 5.48 Å². The van der Waals surface area contributed by atoms with Gasteiger partial charge >= 0.3 is 8.25 Å². The molecule has 7 nitrogen and oxygen atoms in total. The molecule has 0 fully saturated rings. The molecule has 0 spiro atoms. The molecule has 8 heteroatoms. The number of hydrogen-bond donors (Lipinski definition) is 3. The molecular formula is C6H13NO6P+. The van der Waals surface area contributed by atoms with E-state index >= 15 is 0 Å². The zero-order valence-electron chi connectivity index (χ0n) is 7.51. The van der Waals surface area contributed by atoms with Gasteiger partial charge in [-0.05, 0) is 6.42 Å². The summed E-state index contributed by atoms with van der Waals surface area (Å²) >= 11 is 0. The molecule has 0 saturated heterocycles. The first-order valence-electron chi connectivity index (χ1n) is 3.97. The number of nitrogens with one attached hydrogen (secondary N) is 1. The zero-order chi connectivity index (χ0) is 10.8. The van der Waals surface area contributed by atoms with Crippen LogP contribution in [0.1, 0.15) is 12.8 Å². The van der Waals surface area contributed by atoms with Crippen LogP contribution in [0.4, 0.5) is 0 Å². The van der Waals surface area contributed by atoms with Crippen molar-refractivity contribution in [1.82, 2.24) is 5.48 Å². The molecule has 0 saturated carbocycles. The summed E-state index contributed by atoms with van der Waals surface area (Å²) in [6.45, 7) is -0.00524. The van der Waals surface area contributed by atoms with Gasteiger partial charge in [-0.15, -0.1) is 9.05 Å². The van der Waals surface area contributed by atoms with Crippen LogP contribution >= 0.6 is 8.25 Å². The van der Waals surface area contributed by atoms with Gasteiger partial charge in [0.05, 0.1) is 6.42 Å². The molecule has 0 heterocycles. The van der Waals surface area contributed by atoms with Gasteiger partial charge in [0.25, 0.3) is 0 Å². The van der Waals surface area contributed by atoms with Crippen LogP contribution in [0, 0.1) is 0 Å². The van der Waals surface area contributed by atoms with Crippen LogP contribution in [0.25, 0.3) is 0 Å². The van der Waals surface area contributed by atoms with E-state index in [0.717, 1.165) is 0 Å². The Balaban J connectivity index is 3.31. The van der Waals surface area contributed by atoms with Crippen molar-refractivity contribution in [3.8, 4) is 0 Å². The standard InChI is InChI=1S/C6H12NO6P/c8-3-1-4-12-14(11)13-5-2-6(9)7-10/h8H,1-5H2,(H-,7,9,10)/p+1. The lowest BCUT2D eigenvalue weighted by molar-refractivity contribution is -0.129. The van der Waals surface area contributed by atoms with Gasteiger partial charge in [-0.3, -0.25) is 10.0 Å². The second kappa shape index (κ2) is 8.98. The number of amides is 1. The van der Waals surface area contributed by atoms with Crippen molar-refractivity contribution in [2.75, 3.05) is 19.8 Å². The third-order valence-electron chi connectivity index (χ3n) is 1.15. The number of carbonyl (C=O) groups is 1. The first kappa shape index (κ1) is 13.4. The average Bonchev–Trinajstić information content (AvgIpc) is 2.18. The van der Waals surface area contributed by atoms with E-state index in [2.05, 4.69) is 9.05 Å². The summed E-state index contributed by atoms with van der Waals surface area (Å²) in [5.74, 6) is -0.622. The molecule has 0 bridgehead atoms. The summed E-state index contributed by atoms with van der Waals surface area (Å²) in [4.78, 5) is 10.4. The van der Waals surface area contributed by atoms with Crippen LogP contribution in [0.5, 0.6) is 0 Å². The Bertz CT molecular complexity index is 187. The van der Waals surface area contributed by atoms with E-state index in [1.807, 2.05) is 0 Å². The number of rotatable bonds is 8. The first-order valence-corrected chi connectivity index (χ1v) is 5.07. The Labute approximate surface area is 81.9 Å². The van der Waals surface area contributed by atoms with Crippen molar-refractivity contribution in [2.24, 2.45) is 0 Å². The van der Waals surface area contributed by atoms with E-state index in [4.69, 9.17) is 10.3 Å². The van der Waals surface area contributed by atoms with Crippen molar-refractivity contribution >= 4 is 14.2 Å². The van der Waals surface area contributed by atoms with Crippen LogP contribution in [-0.4, -0.2) is 36.0 Å². The van der Waals surface area contributed by atoms with E-state index in [-0.39, 0.29) is 26.2 Å². The second-order valence-corrected chi connectivity index (χ2v) is 3.22. The van der Waals surface area contributed by atoms with Crippen LogP contribution in [0.2, 0.25) is 0 Å². The highest BCUT2D eigenvalue weighted by Crippen LogP contribution is 2.23. The van der Waals surface area contributed by atoms with Gasteiger partial charge in [-0.1, -0.05) is 0 Å². The van der Waals surface area contributed by atoms with Crippen molar-refractivity contribution in [1.29, 1.82) is 0 Å². The van der Waals surface area contributed by atoms with Gasteiger partial charge in [-0.25, -0.2) is 5.48 Å². The largest absolute Gasteiger partial charge is 0.697 e. The van der Waals surface area contributed by atoms with Gasteiger partial charge in [0.2, 0.25) is 5.91 Å². The molecule has 82 valence electrons. The van der Waals surface area contributed by atoms with Gasteiger partial charge in [-0.2, -0.15) is 0 Å². The predicted octanol–water partition coefficient (Wildman–Crippen LogP) is -0.0451. The number of aliphatic hydroxyl groups excluding tert-OH is 1. The molecule has 0 aliphatic carbocycles. The number of hydroxylamine groups is 1. The Morgan fingerprint density at radius 1 is 1.36 bits per heavy atom. The molecule has 0 aliphatic heterocycles. The number of aliphatic hydroxyl groups is 1. The summed E-state index contributed by atoms with van der Waals surface area (Å²) in [6.07, 6.45) is 0.280. The predicted molar refractivity (Wildman–Crippen MR) is 45.8 cm³/mol. The second-order valence-electron chi connectivity index (χ2n) is 2.25. The SMILES string of the molecule is O=C(CCO[P+](=O)OCCCO)NO. The fourth-order valence-electron chi connectivity index (χ4n) is 0.510.